The smallest absolute Gasteiger partial charge is 0.338 e. The van der Waals surface area contributed by atoms with E-state index < -0.39 is 16.8 Å². The van der Waals surface area contributed by atoms with Crippen molar-refractivity contribution in [3.8, 4) is 17.6 Å². The van der Waals surface area contributed by atoms with Gasteiger partial charge in [0.1, 0.15) is 17.4 Å². The van der Waals surface area contributed by atoms with E-state index in [-0.39, 0.29) is 58.9 Å². The molecule has 3 rings (SSSR count). The predicted molar refractivity (Wildman–Crippen MR) is 89.2 cm³/mol. The van der Waals surface area contributed by atoms with Crippen LogP contribution in [0.3, 0.4) is 0 Å². The van der Waals surface area contributed by atoms with E-state index in [4.69, 9.17) is 24.7 Å². The second-order valence-corrected chi connectivity index (χ2v) is 5.64. The molecule has 0 aliphatic carbocycles. The lowest BCUT2D eigenvalue weighted by Gasteiger charge is -2.26. The van der Waals surface area contributed by atoms with E-state index in [2.05, 4.69) is 0 Å². The van der Waals surface area contributed by atoms with Crippen molar-refractivity contribution < 1.29 is 28.7 Å². The molecule has 1 aromatic rings. The van der Waals surface area contributed by atoms with Crippen molar-refractivity contribution in [1.29, 1.82) is 5.26 Å². The molecule has 0 unspecified atom stereocenters. The molecule has 1 atom stereocenters. The standard InChI is InChI=1S/C17H15N3O7/c1-3-24-17(21)14-8(2)27-16(19)10(6-18)15(14)9-4-12-13(26-7-25-12)5-11(9)20(22)23/h4-5,15H,3,7,19H2,1-2H3/t15-/m1/s1. The Kier molecular flexibility index (Phi) is 4.60. The molecule has 2 aliphatic heterocycles. The summed E-state index contributed by atoms with van der Waals surface area (Å²) in [5, 5.41) is 21.2. The van der Waals surface area contributed by atoms with Crippen LogP contribution in [-0.4, -0.2) is 24.3 Å². The molecular formula is C17H15N3O7. The van der Waals surface area contributed by atoms with Gasteiger partial charge in [0.2, 0.25) is 12.7 Å². The first-order valence-corrected chi connectivity index (χ1v) is 7.92. The number of hydrogen-bond donors (Lipinski definition) is 1. The van der Waals surface area contributed by atoms with Gasteiger partial charge in [-0.15, -0.1) is 0 Å². The van der Waals surface area contributed by atoms with Crippen LogP contribution in [0.4, 0.5) is 5.69 Å². The van der Waals surface area contributed by atoms with Crippen LogP contribution < -0.4 is 15.2 Å². The van der Waals surface area contributed by atoms with Gasteiger partial charge in [-0.1, -0.05) is 0 Å². The SMILES string of the molecule is CCOC(=O)C1=C(C)OC(N)=C(C#N)[C@H]1c1cc2c(cc1[N+](=O)[O-])OCO2. The summed E-state index contributed by atoms with van der Waals surface area (Å²) in [6.45, 7) is 3.07. The number of nitro groups is 1. The van der Waals surface area contributed by atoms with Gasteiger partial charge in [0.05, 0.1) is 29.1 Å². The maximum atomic E-state index is 12.5. The Balaban J connectivity index is 2.27. The van der Waals surface area contributed by atoms with Gasteiger partial charge in [-0.05, 0) is 19.9 Å². The monoisotopic (exact) mass is 373 g/mol. The third-order valence-electron chi connectivity index (χ3n) is 4.13. The fourth-order valence-electron chi connectivity index (χ4n) is 3.00. The number of nitriles is 1. The van der Waals surface area contributed by atoms with Crippen LogP contribution in [0.25, 0.3) is 0 Å². The molecule has 2 N–H and O–H groups in total. The lowest BCUT2D eigenvalue weighted by atomic mass is 9.82. The first-order valence-electron chi connectivity index (χ1n) is 7.92. The van der Waals surface area contributed by atoms with Gasteiger partial charge in [0, 0.05) is 5.56 Å². The maximum Gasteiger partial charge on any atom is 0.338 e. The summed E-state index contributed by atoms with van der Waals surface area (Å²) in [4.78, 5) is 23.5. The van der Waals surface area contributed by atoms with E-state index in [1.54, 1.807) is 6.92 Å². The third kappa shape index (κ3) is 2.99. The first kappa shape index (κ1) is 18.1. The summed E-state index contributed by atoms with van der Waals surface area (Å²) < 4.78 is 20.8. The first-order chi connectivity index (χ1) is 12.9. The van der Waals surface area contributed by atoms with E-state index in [1.807, 2.05) is 6.07 Å². The number of carbonyl (C=O) groups is 1. The molecule has 2 aliphatic rings. The molecule has 2 heterocycles. The summed E-state index contributed by atoms with van der Waals surface area (Å²) >= 11 is 0. The second-order valence-electron chi connectivity index (χ2n) is 5.64. The molecule has 0 amide bonds. The minimum atomic E-state index is -1.14. The number of hydrogen-bond acceptors (Lipinski definition) is 9. The van der Waals surface area contributed by atoms with Crippen LogP contribution in [0, 0.1) is 21.4 Å². The number of carbonyl (C=O) groups excluding carboxylic acids is 1. The Morgan fingerprint density at radius 2 is 2.11 bits per heavy atom. The lowest BCUT2D eigenvalue weighted by molar-refractivity contribution is -0.385. The summed E-state index contributed by atoms with van der Waals surface area (Å²) in [5.41, 5.74) is 5.34. The number of allylic oxidation sites excluding steroid dienone is 2. The van der Waals surface area contributed by atoms with E-state index in [0.29, 0.717) is 0 Å². The van der Waals surface area contributed by atoms with Gasteiger partial charge in [0.25, 0.3) is 5.69 Å². The topological polar surface area (TPSA) is 147 Å². The molecule has 0 saturated heterocycles. The Morgan fingerprint density at radius 1 is 1.44 bits per heavy atom. The quantitative estimate of drug-likeness (QED) is 0.475. The number of fused-ring (bicyclic) bond motifs is 1. The highest BCUT2D eigenvalue weighted by Gasteiger charge is 2.40. The minimum absolute atomic E-state index is 0.0374. The van der Waals surface area contributed by atoms with Crippen LogP contribution in [0.1, 0.15) is 25.3 Å². The van der Waals surface area contributed by atoms with E-state index in [9.17, 15) is 20.2 Å². The molecule has 0 fully saturated rings. The second kappa shape index (κ2) is 6.87. The van der Waals surface area contributed by atoms with Crippen LogP contribution in [0.15, 0.2) is 34.9 Å². The molecule has 1 aromatic carbocycles. The normalized spacial score (nSPS) is 18.0. The van der Waals surface area contributed by atoms with Crippen molar-refractivity contribution in [3.05, 3.63) is 50.6 Å². The zero-order valence-corrected chi connectivity index (χ0v) is 14.5. The fraction of sp³-hybridized carbons (Fsp3) is 0.294. The van der Waals surface area contributed by atoms with E-state index >= 15 is 0 Å². The number of benzene rings is 1. The van der Waals surface area contributed by atoms with Gasteiger partial charge < -0.3 is 24.7 Å². The van der Waals surface area contributed by atoms with Crippen LogP contribution in [0.5, 0.6) is 11.5 Å². The number of nitrogens with two attached hydrogens (primary N) is 1. The zero-order valence-electron chi connectivity index (χ0n) is 14.5. The van der Waals surface area contributed by atoms with Crippen LogP contribution in [0.2, 0.25) is 0 Å². The highest BCUT2D eigenvalue weighted by Crippen LogP contribution is 2.47. The highest BCUT2D eigenvalue weighted by atomic mass is 16.7. The number of nitro benzene ring substituents is 1. The molecule has 27 heavy (non-hydrogen) atoms. The van der Waals surface area contributed by atoms with Crippen molar-refractivity contribution >= 4 is 11.7 Å². The molecular weight excluding hydrogens is 358 g/mol. The Hall–Kier alpha value is -3.74. The molecule has 0 aromatic heterocycles. The van der Waals surface area contributed by atoms with Crippen molar-refractivity contribution in [2.45, 2.75) is 19.8 Å². The lowest BCUT2D eigenvalue weighted by Crippen LogP contribution is -2.26. The number of esters is 1. The van der Waals surface area contributed by atoms with Crippen LogP contribution in [-0.2, 0) is 14.3 Å². The van der Waals surface area contributed by atoms with E-state index in [0.717, 1.165) is 0 Å². The molecule has 0 saturated carbocycles. The largest absolute Gasteiger partial charge is 0.463 e. The number of ether oxygens (including phenoxy) is 4. The Bertz CT molecular complexity index is 943. The molecule has 10 heteroatoms. The summed E-state index contributed by atoms with van der Waals surface area (Å²) in [5.74, 6) is -1.57. The third-order valence-corrected chi connectivity index (χ3v) is 4.13. The van der Waals surface area contributed by atoms with Crippen molar-refractivity contribution in [2.24, 2.45) is 5.73 Å². The molecule has 0 spiro atoms. The average molecular weight is 373 g/mol. The van der Waals surface area contributed by atoms with Crippen molar-refractivity contribution in [2.75, 3.05) is 13.4 Å². The molecule has 0 bridgehead atoms. The predicted octanol–water partition coefficient (Wildman–Crippen LogP) is 1.97. The molecule has 140 valence electrons. The molecule has 10 nitrogen and oxygen atoms in total. The van der Waals surface area contributed by atoms with E-state index in [1.165, 1.54) is 19.1 Å². The number of nitrogens with zero attached hydrogens (tertiary/aromatic N) is 2. The summed E-state index contributed by atoms with van der Waals surface area (Å²) in [6, 6.07) is 4.44. The highest BCUT2D eigenvalue weighted by molar-refractivity contribution is 5.93. The molecule has 0 radical (unpaired) electrons. The Labute approximate surface area is 153 Å². The Morgan fingerprint density at radius 3 is 2.70 bits per heavy atom. The van der Waals surface area contributed by atoms with Crippen LogP contribution >= 0.6 is 0 Å². The maximum absolute atomic E-state index is 12.5. The minimum Gasteiger partial charge on any atom is -0.463 e. The van der Waals surface area contributed by atoms with Gasteiger partial charge in [0.15, 0.2) is 11.5 Å². The van der Waals surface area contributed by atoms with Gasteiger partial charge in [-0.2, -0.15) is 5.26 Å². The van der Waals surface area contributed by atoms with Gasteiger partial charge in [-0.3, -0.25) is 10.1 Å². The fourth-order valence-corrected chi connectivity index (χ4v) is 3.00. The summed E-state index contributed by atoms with van der Waals surface area (Å²) in [6.07, 6.45) is 0. The van der Waals surface area contributed by atoms with Crippen molar-refractivity contribution in [3.63, 3.8) is 0 Å². The zero-order chi connectivity index (χ0) is 19.7. The van der Waals surface area contributed by atoms with Gasteiger partial charge in [-0.25, -0.2) is 4.79 Å². The summed E-state index contributed by atoms with van der Waals surface area (Å²) in [7, 11) is 0. The number of rotatable bonds is 4. The average Bonchev–Trinajstić information content (AvgIpc) is 3.07. The van der Waals surface area contributed by atoms with Gasteiger partial charge >= 0.3 is 5.97 Å². The van der Waals surface area contributed by atoms with Crippen molar-refractivity contribution in [1.82, 2.24) is 0 Å².